The van der Waals surface area contributed by atoms with Crippen molar-refractivity contribution in [1.82, 2.24) is 10.2 Å². The number of anilines is 1. The van der Waals surface area contributed by atoms with Gasteiger partial charge in [-0.05, 0) is 23.8 Å². The minimum atomic E-state index is 0.161. The lowest BCUT2D eigenvalue weighted by Gasteiger charge is -2.34. The average molecular weight is 296 g/mol. The Labute approximate surface area is 125 Å². The first-order valence-electron chi connectivity index (χ1n) is 6.98. The zero-order valence-corrected chi connectivity index (χ0v) is 13.1. The number of piperazine rings is 1. The molecule has 0 unspecified atom stereocenters. The molecule has 5 heteroatoms. The van der Waals surface area contributed by atoms with Crippen LogP contribution < -0.4 is 10.2 Å². The molecule has 1 aliphatic heterocycles. The van der Waals surface area contributed by atoms with E-state index in [4.69, 9.17) is 11.6 Å². The SMILES string of the molecule is CC(C)NCc1cc(Cl)ccc1N1CCN(C)C(=O)C1. The van der Waals surface area contributed by atoms with Gasteiger partial charge in [0.2, 0.25) is 5.91 Å². The second kappa shape index (κ2) is 6.46. The van der Waals surface area contributed by atoms with E-state index in [0.717, 1.165) is 35.9 Å². The number of rotatable bonds is 4. The average Bonchev–Trinajstić information content (AvgIpc) is 2.40. The number of amides is 1. The van der Waals surface area contributed by atoms with Crippen LogP contribution in [-0.4, -0.2) is 43.5 Å². The molecule has 1 aromatic carbocycles. The van der Waals surface area contributed by atoms with Crippen molar-refractivity contribution in [2.45, 2.75) is 26.4 Å². The van der Waals surface area contributed by atoms with Gasteiger partial charge >= 0.3 is 0 Å². The fourth-order valence-electron chi connectivity index (χ4n) is 2.28. The molecule has 1 aliphatic rings. The largest absolute Gasteiger partial charge is 0.360 e. The zero-order valence-electron chi connectivity index (χ0n) is 12.3. The third-order valence-corrected chi connectivity index (χ3v) is 3.78. The summed E-state index contributed by atoms with van der Waals surface area (Å²) in [6.07, 6.45) is 0. The van der Waals surface area contributed by atoms with Gasteiger partial charge in [-0.2, -0.15) is 0 Å². The van der Waals surface area contributed by atoms with Crippen LogP contribution in [0.15, 0.2) is 18.2 Å². The number of nitrogens with one attached hydrogen (secondary N) is 1. The van der Waals surface area contributed by atoms with E-state index < -0.39 is 0 Å². The minimum Gasteiger partial charge on any atom is -0.360 e. The zero-order chi connectivity index (χ0) is 14.7. The monoisotopic (exact) mass is 295 g/mol. The Bertz CT molecular complexity index is 490. The fourth-order valence-corrected chi connectivity index (χ4v) is 2.48. The number of hydrogen-bond donors (Lipinski definition) is 1. The molecule has 0 bridgehead atoms. The van der Waals surface area contributed by atoms with Gasteiger partial charge in [0.1, 0.15) is 0 Å². The van der Waals surface area contributed by atoms with Crippen LogP contribution in [0.4, 0.5) is 5.69 Å². The molecule has 1 aromatic rings. The molecule has 0 atom stereocenters. The van der Waals surface area contributed by atoms with Gasteiger partial charge in [-0.15, -0.1) is 0 Å². The third-order valence-electron chi connectivity index (χ3n) is 3.54. The first kappa shape index (κ1) is 15.1. The van der Waals surface area contributed by atoms with Crippen LogP contribution in [0, 0.1) is 0 Å². The Morgan fingerprint density at radius 1 is 1.35 bits per heavy atom. The van der Waals surface area contributed by atoms with Crippen molar-refractivity contribution in [3.8, 4) is 0 Å². The van der Waals surface area contributed by atoms with Crippen LogP contribution >= 0.6 is 11.6 Å². The van der Waals surface area contributed by atoms with Gasteiger partial charge in [-0.25, -0.2) is 0 Å². The van der Waals surface area contributed by atoms with Gasteiger partial charge in [0.05, 0.1) is 6.54 Å². The number of hydrogen-bond acceptors (Lipinski definition) is 3. The molecule has 1 heterocycles. The van der Waals surface area contributed by atoms with E-state index in [1.165, 1.54) is 0 Å². The normalized spacial score (nSPS) is 16.1. The third kappa shape index (κ3) is 3.64. The van der Waals surface area contributed by atoms with Gasteiger partial charge in [-0.3, -0.25) is 4.79 Å². The predicted molar refractivity (Wildman–Crippen MR) is 83.3 cm³/mol. The summed E-state index contributed by atoms with van der Waals surface area (Å²) in [5.74, 6) is 0.161. The van der Waals surface area contributed by atoms with Crippen LogP contribution in [0.25, 0.3) is 0 Å². The van der Waals surface area contributed by atoms with E-state index in [1.54, 1.807) is 4.90 Å². The van der Waals surface area contributed by atoms with E-state index >= 15 is 0 Å². The second-order valence-corrected chi connectivity index (χ2v) is 5.98. The molecule has 0 aliphatic carbocycles. The first-order chi connectivity index (χ1) is 9.47. The lowest BCUT2D eigenvalue weighted by Crippen LogP contribution is -2.49. The Morgan fingerprint density at radius 3 is 2.75 bits per heavy atom. The van der Waals surface area contributed by atoms with E-state index in [1.807, 2.05) is 25.2 Å². The van der Waals surface area contributed by atoms with E-state index in [2.05, 4.69) is 24.1 Å². The van der Waals surface area contributed by atoms with Crippen LogP contribution in [0.2, 0.25) is 5.02 Å². The lowest BCUT2D eigenvalue weighted by atomic mass is 10.1. The molecule has 0 radical (unpaired) electrons. The molecule has 1 amide bonds. The topological polar surface area (TPSA) is 35.6 Å². The molecular formula is C15H22ClN3O. The molecule has 0 aromatic heterocycles. The number of halogens is 1. The minimum absolute atomic E-state index is 0.161. The van der Waals surface area contributed by atoms with Crippen molar-refractivity contribution in [3.05, 3.63) is 28.8 Å². The maximum absolute atomic E-state index is 11.9. The Morgan fingerprint density at radius 2 is 2.10 bits per heavy atom. The van der Waals surface area contributed by atoms with E-state index in [-0.39, 0.29) is 5.91 Å². The number of carbonyl (C=O) groups is 1. The number of benzene rings is 1. The number of carbonyl (C=O) groups excluding carboxylic acids is 1. The summed E-state index contributed by atoms with van der Waals surface area (Å²) in [6, 6.07) is 6.29. The molecule has 1 fully saturated rings. The smallest absolute Gasteiger partial charge is 0.241 e. The van der Waals surface area contributed by atoms with Gasteiger partial charge in [0.25, 0.3) is 0 Å². The summed E-state index contributed by atoms with van der Waals surface area (Å²) >= 11 is 6.10. The predicted octanol–water partition coefficient (Wildman–Crippen LogP) is 2.12. The first-order valence-corrected chi connectivity index (χ1v) is 7.36. The van der Waals surface area contributed by atoms with Gasteiger partial charge in [0, 0.05) is 43.4 Å². The van der Waals surface area contributed by atoms with E-state index in [9.17, 15) is 4.79 Å². The Balaban J connectivity index is 2.19. The highest BCUT2D eigenvalue weighted by atomic mass is 35.5. The van der Waals surface area contributed by atoms with Crippen molar-refractivity contribution in [3.63, 3.8) is 0 Å². The molecule has 1 saturated heterocycles. The summed E-state index contributed by atoms with van der Waals surface area (Å²) in [4.78, 5) is 15.8. The van der Waals surface area contributed by atoms with Crippen LogP contribution in [-0.2, 0) is 11.3 Å². The summed E-state index contributed by atoms with van der Waals surface area (Å²) in [6.45, 7) is 7.05. The van der Waals surface area contributed by atoms with E-state index in [0.29, 0.717) is 12.6 Å². The second-order valence-electron chi connectivity index (χ2n) is 5.55. The van der Waals surface area contributed by atoms with Gasteiger partial charge < -0.3 is 15.1 Å². The quantitative estimate of drug-likeness (QED) is 0.924. The maximum Gasteiger partial charge on any atom is 0.241 e. The Kier molecular flexibility index (Phi) is 4.89. The van der Waals surface area contributed by atoms with Gasteiger partial charge in [0.15, 0.2) is 0 Å². The highest BCUT2D eigenvalue weighted by Gasteiger charge is 2.22. The van der Waals surface area contributed by atoms with Crippen molar-refractivity contribution in [2.24, 2.45) is 0 Å². The molecule has 0 saturated carbocycles. The van der Waals surface area contributed by atoms with Crippen molar-refractivity contribution >= 4 is 23.2 Å². The molecule has 110 valence electrons. The molecule has 0 spiro atoms. The molecular weight excluding hydrogens is 274 g/mol. The standard InChI is InChI=1S/C15H22ClN3O/c1-11(2)17-9-12-8-13(16)4-5-14(12)19-7-6-18(3)15(20)10-19/h4-5,8,11,17H,6-7,9-10H2,1-3H3. The van der Waals surface area contributed by atoms with Crippen LogP contribution in [0.1, 0.15) is 19.4 Å². The molecule has 2 rings (SSSR count). The molecule has 20 heavy (non-hydrogen) atoms. The fraction of sp³-hybridized carbons (Fsp3) is 0.533. The molecule has 1 N–H and O–H groups in total. The van der Waals surface area contributed by atoms with Crippen molar-refractivity contribution in [2.75, 3.05) is 31.6 Å². The number of nitrogens with zero attached hydrogens (tertiary/aromatic N) is 2. The summed E-state index contributed by atoms with van der Waals surface area (Å²) in [5.41, 5.74) is 2.24. The van der Waals surface area contributed by atoms with Crippen molar-refractivity contribution in [1.29, 1.82) is 0 Å². The highest BCUT2D eigenvalue weighted by molar-refractivity contribution is 6.30. The van der Waals surface area contributed by atoms with Crippen molar-refractivity contribution < 1.29 is 4.79 Å². The van der Waals surface area contributed by atoms with Gasteiger partial charge in [-0.1, -0.05) is 25.4 Å². The highest BCUT2D eigenvalue weighted by Crippen LogP contribution is 2.25. The summed E-state index contributed by atoms with van der Waals surface area (Å²) < 4.78 is 0. The Hall–Kier alpha value is -1.26. The van der Waals surface area contributed by atoms with Crippen LogP contribution in [0.5, 0.6) is 0 Å². The lowest BCUT2D eigenvalue weighted by molar-refractivity contribution is -0.129. The summed E-state index contributed by atoms with van der Waals surface area (Å²) in [7, 11) is 1.85. The van der Waals surface area contributed by atoms with Crippen LogP contribution in [0.3, 0.4) is 0 Å². The molecule has 4 nitrogen and oxygen atoms in total. The number of likely N-dealkylation sites (N-methyl/N-ethyl adjacent to an activating group) is 1. The summed E-state index contributed by atoms with van der Waals surface area (Å²) in [5, 5.41) is 4.14. The maximum atomic E-state index is 11.9.